The van der Waals surface area contributed by atoms with Gasteiger partial charge in [-0.25, -0.2) is 14.6 Å². The molecular weight excluding hydrogens is 432 g/mol. The maximum Gasteiger partial charge on any atom is 0.229 e. The van der Waals surface area contributed by atoms with Crippen LogP contribution in [0.3, 0.4) is 0 Å². The molecule has 1 fully saturated rings. The van der Waals surface area contributed by atoms with E-state index >= 15 is 0 Å². The summed E-state index contributed by atoms with van der Waals surface area (Å²) in [6.45, 7) is 4.71. The molecule has 4 heterocycles. The highest BCUT2D eigenvalue weighted by molar-refractivity contribution is 5.96. The van der Waals surface area contributed by atoms with Crippen LogP contribution in [0.5, 0.6) is 0 Å². The Kier molecular flexibility index (Phi) is 6.53. The van der Waals surface area contributed by atoms with Crippen molar-refractivity contribution in [2.45, 2.75) is 45.3 Å². The first-order valence-corrected chi connectivity index (χ1v) is 11.7. The highest BCUT2D eigenvalue weighted by atomic mass is 16.5. The number of hydrogen-bond acceptors (Lipinski definition) is 7. The molecule has 0 aliphatic carbocycles. The first-order valence-electron chi connectivity index (χ1n) is 11.7. The summed E-state index contributed by atoms with van der Waals surface area (Å²) < 4.78 is 13.2. The van der Waals surface area contributed by atoms with Crippen molar-refractivity contribution in [2.24, 2.45) is 0 Å². The molecule has 1 aromatic carbocycles. The van der Waals surface area contributed by atoms with E-state index in [1.165, 1.54) is 6.26 Å². The summed E-state index contributed by atoms with van der Waals surface area (Å²) in [5.41, 5.74) is 4.09. The summed E-state index contributed by atoms with van der Waals surface area (Å²) in [5, 5.41) is 12.0. The third-order valence-electron chi connectivity index (χ3n) is 5.99. The number of rotatable bonds is 8. The van der Waals surface area contributed by atoms with Crippen LogP contribution in [0, 0.1) is 0 Å². The Balaban J connectivity index is 1.37. The highest BCUT2D eigenvalue weighted by Gasteiger charge is 2.22. The van der Waals surface area contributed by atoms with Gasteiger partial charge in [0, 0.05) is 38.5 Å². The van der Waals surface area contributed by atoms with Gasteiger partial charge in [0.15, 0.2) is 5.65 Å². The number of benzene rings is 1. The predicted octanol–water partition coefficient (Wildman–Crippen LogP) is 3.56. The zero-order chi connectivity index (χ0) is 23.3. The Morgan fingerprint density at radius 1 is 1.18 bits per heavy atom. The number of amides is 1. The van der Waals surface area contributed by atoms with E-state index in [0.717, 1.165) is 60.4 Å². The smallest absolute Gasteiger partial charge is 0.229 e. The molecule has 1 saturated heterocycles. The number of pyridine rings is 1. The molecule has 1 amide bonds. The van der Waals surface area contributed by atoms with E-state index in [1.807, 2.05) is 48.1 Å². The molecule has 9 nitrogen and oxygen atoms in total. The molecular formula is C25H28N6O3. The van der Waals surface area contributed by atoms with Crippen molar-refractivity contribution in [1.82, 2.24) is 25.1 Å². The number of nitrogens with one attached hydrogen (secondary N) is 2. The number of carbonyl (C=O) groups is 1. The molecule has 0 spiro atoms. The van der Waals surface area contributed by atoms with Crippen LogP contribution in [0.2, 0.25) is 0 Å². The van der Waals surface area contributed by atoms with Crippen molar-refractivity contribution in [3.05, 3.63) is 60.2 Å². The lowest BCUT2D eigenvalue weighted by molar-refractivity contribution is -0.120. The summed E-state index contributed by atoms with van der Waals surface area (Å²) in [6, 6.07) is 10.1. The average molecular weight is 461 g/mol. The van der Waals surface area contributed by atoms with Crippen LogP contribution in [-0.2, 0) is 29.0 Å². The van der Waals surface area contributed by atoms with Crippen LogP contribution in [-0.4, -0.2) is 44.9 Å². The fourth-order valence-electron chi connectivity index (χ4n) is 4.16. The number of hydrogen-bond donors (Lipinski definition) is 2. The topological polar surface area (TPSA) is 107 Å². The fraction of sp³-hybridized carbons (Fsp3) is 0.360. The predicted molar refractivity (Wildman–Crippen MR) is 128 cm³/mol. The molecule has 1 aliphatic rings. The van der Waals surface area contributed by atoms with Gasteiger partial charge in [0.2, 0.25) is 11.8 Å². The monoisotopic (exact) mass is 460 g/mol. The minimum absolute atomic E-state index is 0.109. The van der Waals surface area contributed by atoms with E-state index in [0.29, 0.717) is 18.1 Å². The number of carbonyl (C=O) groups excluding carboxylic acids is 1. The second-order valence-electron chi connectivity index (χ2n) is 8.36. The van der Waals surface area contributed by atoms with E-state index in [1.54, 1.807) is 6.20 Å². The maximum atomic E-state index is 12.4. The third-order valence-corrected chi connectivity index (χ3v) is 5.99. The van der Waals surface area contributed by atoms with Gasteiger partial charge in [-0.2, -0.15) is 5.10 Å². The maximum absolute atomic E-state index is 12.4. The number of oxazole rings is 1. The van der Waals surface area contributed by atoms with Gasteiger partial charge >= 0.3 is 0 Å². The standard InChI is InChI=1S/C25H28N6O3/c1-2-31-24-20(15-28-31)23(29-18-8-10-33-11-9-18)21(14-27-24)25-30-19(16-34-25)12-22(32)26-13-17-6-4-3-5-7-17/h3-7,14-16,18H,2,8-13H2,1H3,(H,26,32)(H,27,29). The average Bonchev–Trinajstić information content (AvgIpc) is 3.51. The van der Waals surface area contributed by atoms with Crippen LogP contribution < -0.4 is 10.6 Å². The van der Waals surface area contributed by atoms with Crippen molar-refractivity contribution in [3.8, 4) is 11.5 Å². The normalized spacial score (nSPS) is 14.4. The molecule has 9 heteroatoms. The lowest BCUT2D eigenvalue weighted by Crippen LogP contribution is -2.28. The van der Waals surface area contributed by atoms with Crippen molar-refractivity contribution in [1.29, 1.82) is 0 Å². The quantitative estimate of drug-likeness (QED) is 0.414. The van der Waals surface area contributed by atoms with E-state index in [-0.39, 0.29) is 18.4 Å². The van der Waals surface area contributed by atoms with Crippen LogP contribution in [0.4, 0.5) is 5.69 Å². The van der Waals surface area contributed by atoms with Crippen molar-refractivity contribution >= 4 is 22.6 Å². The summed E-state index contributed by atoms with van der Waals surface area (Å²) in [7, 11) is 0. The molecule has 0 saturated carbocycles. The first-order chi connectivity index (χ1) is 16.7. The Morgan fingerprint density at radius 2 is 2.00 bits per heavy atom. The molecule has 2 N–H and O–H groups in total. The summed E-state index contributed by atoms with van der Waals surface area (Å²) >= 11 is 0. The molecule has 176 valence electrons. The second kappa shape index (κ2) is 10.0. The summed E-state index contributed by atoms with van der Waals surface area (Å²) in [6.07, 6.45) is 7.12. The minimum Gasteiger partial charge on any atom is -0.444 e. The molecule has 0 bridgehead atoms. The van der Waals surface area contributed by atoms with E-state index in [4.69, 9.17) is 9.15 Å². The second-order valence-corrected chi connectivity index (χ2v) is 8.36. The Morgan fingerprint density at radius 3 is 2.79 bits per heavy atom. The molecule has 0 radical (unpaired) electrons. The largest absolute Gasteiger partial charge is 0.444 e. The lowest BCUT2D eigenvalue weighted by atomic mass is 10.1. The number of nitrogens with zero attached hydrogens (tertiary/aromatic N) is 4. The van der Waals surface area contributed by atoms with Crippen molar-refractivity contribution in [3.63, 3.8) is 0 Å². The molecule has 34 heavy (non-hydrogen) atoms. The van der Waals surface area contributed by atoms with Crippen molar-refractivity contribution in [2.75, 3.05) is 18.5 Å². The molecule has 5 rings (SSSR count). The number of aryl methyl sites for hydroxylation is 1. The Hall–Kier alpha value is -3.72. The van der Waals surface area contributed by atoms with Crippen LogP contribution in [0.25, 0.3) is 22.5 Å². The zero-order valence-electron chi connectivity index (χ0n) is 19.2. The summed E-state index contributed by atoms with van der Waals surface area (Å²) in [4.78, 5) is 21.7. The molecule has 4 aromatic rings. The number of fused-ring (bicyclic) bond motifs is 1. The zero-order valence-corrected chi connectivity index (χ0v) is 19.2. The number of anilines is 1. The van der Waals surface area contributed by atoms with Crippen LogP contribution in [0.1, 0.15) is 31.0 Å². The van der Waals surface area contributed by atoms with Crippen LogP contribution in [0.15, 0.2) is 53.4 Å². The van der Waals surface area contributed by atoms with Gasteiger partial charge < -0.3 is 19.8 Å². The first kappa shape index (κ1) is 22.1. The minimum atomic E-state index is -0.109. The van der Waals surface area contributed by atoms with Gasteiger partial charge in [-0.1, -0.05) is 30.3 Å². The number of ether oxygens (including phenoxy) is 1. The summed E-state index contributed by atoms with van der Waals surface area (Å²) in [5.74, 6) is 0.320. The molecule has 3 aromatic heterocycles. The Bertz CT molecular complexity index is 1260. The number of aromatic nitrogens is 4. The van der Waals surface area contributed by atoms with Gasteiger partial charge in [-0.15, -0.1) is 0 Å². The molecule has 0 atom stereocenters. The highest BCUT2D eigenvalue weighted by Crippen LogP contribution is 2.34. The van der Waals surface area contributed by atoms with E-state index < -0.39 is 0 Å². The van der Waals surface area contributed by atoms with E-state index in [2.05, 4.69) is 25.7 Å². The molecule has 1 aliphatic heterocycles. The van der Waals surface area contributed by atoms with Gasteiger partial charge in [0.05, 0.1) is 34.9 Å². The fourth-order valence-corrected chi connectivity index (χ4v) is 4.16. The third kappa shape index (κ3) is 4.79. The Labute approximate surface area is 197 Å². The van der Waals surface area contributed by atoms with Crippen molar-refractivity contribution < 1.29 is 13.9 Å². The SMILES string of the molecule is CCn1ncc2c(NC3CCOCC3)c(-c3nc(CC(=O)NCc4ccccc4)co3)cnc21. The van der Waals surface area contributed by atoms with Crippen LogP contribution >= 0.6 is 0 Å². The van der Waals surface area contributed by atoms with E-state index in [9.17, 15) is 4.79 Å². The lowest BCUT2D eigenvalue weighted by Gasteiger charge is -2.25. The molecule has 0 unspecified atom stereocenters. The van der Waals surface area contributed by atoms with Gasteiger partial charge in [0.25, 0.3) is 0 Å². The van der Waals surface area contributed by atoms with Gasteiger partial charge in [-0.05, 0) is 25.3 Å². The van der Waals surface area contributed by atoms with Gasteiger partial charge in [-0.3, -0.25) is 4.79 Å². The van der Waals surface area contributed by atoms with Gasteiger partial charge in [0.1, 0.15) is 6.26 Å².